The average Bonchev–Trinajstić information content (AvgIpc) is 3.13. The van der Waals surface area contributed by atoms with Crippen molar-refractivity contribution in [3.63, 3.8) is 0 Å². The van der Waals surface area contributed by atoms with Crippen molar-refractivity contribution in [2.24, 2.45) is 0 Å². The zero-order valence-electron chi connectivity index (χ0n) is 13.6. The maximum absolute atomic E-state index is 11.7. The summed E-state index contributed by atoms with van der Waals surface area (Å²) in [4.78, 5) is 16.5. The Hall–Kier alpha value is -1.44. The number of nitrogens with one attached hydrogen (secondary N) is 1. The van der Waals surface area contributed by atoms with Gasteiger partial charge in [-0.25, -0.2) is 9.78 Å². The number of halogens is 1. The van der Waals surface area contributed by atoms with Crippen molar-refractivity contribution in [1.29, 1.82) is 0 Å². The summed E-state index contributed by atoms with van der Waals surface area (Å²) < 4.78 is 5.30. The fraction of sp³-hybridized carbons (Fsp3) is 0.500. The van der Waals surface area contributed by atoms with Crippen LogP contribution in [0.3, 0.4) is 0 Å². The van der Waals surface area contributed by atoms with Crippen molar-refractivity contribution in [2.45, 2.75) is 47.4 Å². The Bertz CT molecular complexity index is 762. The summed E-state index contributed by atoms with van der Waals surface area (Å²) in [5, 5.41) is 7.61. The van der Waals surface area contributed by atoms with Gasteiger partial charge in [0, 0.05) is 14.4 Å². The first-order chi connectivity index (χ1) is 11.5. The van der Waals surface area contributed by atoms with Crippen molar-refractivity contribution in [3.05, 3.63) is 35.7 Å². The largest absolute Gasteiger partial charge is 0.465 e. The lowest BCUT2D eigenvalue weighted by Gasteiger charge is -2.49. The number of benzene rings is 1. The second-order valence-electron chi connectivity index (χ2n) is 7.01. The minimum Gasteiger partial charge on any atom is -0.465 e. The number of ether oxygens (including phenoxy) is 1. The van der Waals surface area contributed by atoms with Crippen molar-refractivity contribution < 1.29 is 9.53 Å². The second kappa shape index (κ2) is 5.82. The number of esters is 1. The summed E-state index contributed by atoms with van der Waals surface area (Å²) in [6.07, 6.45) is 7.36. The van der Waals surface area contributed by atoms with Gasteiger partial charge in [-0.15, -0.1) is 0 Å². The Morgan fingerprint density at radius 1 is 1.21 bits per heavy atom. The van der Waals surface area contributed by atoms with Crippen LogP contribution in [0.5, 0.6) is 0 Å². The molecule has 24 heavy (non-hydrogen) atoms. The van der Waals surface area contributed by atoms with Crippen LogP contribution in [-0.2, 0) is 10.2 Å². The number of aromatic amines is 1. The predicted octanol–water partition coefficient (Wildman–Crippen LogP) is 4.04. The first-order valence-corrected chi connectivity index (χ1v) is 9.42. The van der Waals surface area contributed by atoms with E-state index in [2.05, 4.69) is 32.8 Å². The molecule has 5 rings (SSSR count). The van der Waals surface area contributed by atoms with Crippen LogP contribution in [0, 0.1) is 0 Å². The fourth-order valence-corrected chi connectivity index (χ4v) is 4.84. The maximum atomic E-state index is 11.7. The SMILES string of the molecule is COC(=O)c1cccc(-c2n[nH]c(C34CCC(I)(CC3)CC4)n2)c1. The van der Waals surface area contributed by atoms with E-state index in [1.165, 1.54) is 45.6 Å². The summed E-state index contributed by atoms with van der Waals surface area (Å²) in [5.74, 6) is 1.32. The molecular formula is C18H20IN3O2. The molecule has 5 nitrogen and oxygen atoms in total. The number of rotatable bonds is 3. The van der Waals surface area contributed by atoms with E-state index in [1.807, 2.05) is 12.1 Å². The maximum Gasteiger partial charge on any atom is 0.337 e. The first kappa shape index (κ1) is 16.1. The van der Waals surface area contributed by atoms with Gasteiger partial charge >= 0.3 is 5.97 Å². The van der Waals surface area contributed by atoms with Gasteiger partial charge in [0.25, 0.3) is 0 Å². The number of aromatic nitrogens is 3. The van der Waals surface area contributed by atoms with Gasteiger partial charge in [-0.3, -0.25) is 5.10 Å². The van der Waals surface area contributed by atoms with Crippen LogP contribution in [-0.4, -0.2) is 31.7 Å². The number of fused-ring (bicyclic) bond motifs is 3. The lowest BCUT2D eigenvalue weighted by Crippen LogP contribution is -2.45. The molecule has 2 aromatic rings. The standard InChI is InChI=1S/C18H20IN3O2/c1-24-15(23)13-4-2-3-12(11-13)14-20-16(22-21-14)17-5-8-18(19,9-6-17)10-7-17/h2-4,11H,5-10H2,1H3,(H,20,21,22). The van der Waals surface area contributed by atoms with Gasteiger partial charge in [0.2, 0.25) is 0 Å². The highest BCUT2D eigenvalue weighted by atomic mass is 127. The molecule has 3 aliphatic rings. The molecule has 1 heterocycles. The molecule has 3 aliphatic carbocycles. The van der Waals surface area contributed by atoms with Crippen molar-refractivity contribution in [3.8, 4) is 11.4 Å². The predicted molar refractivity (Wildman–Crippen MR) is 99.3 cm³/mol. The molecule has 2 bridgehead atoms. The van der Waals surface area contributed by atoms with E-state index in [0.29, 0.717) is 14.8 Å². The van der Waals surface area contributed by atoms with Gasteiger partial charge in [-0.2, -0.15) is 5.10 Å². The Morgan fingerprint density at radius 3 is 2.58 bits per heavy atom. The van der Waals surface area contributed by atoms with Crippen molar-refractivity contribution >= 4 is 28.6 Å². The summed E-state index contributed by atoms with van der Waals surface area (Å²) in [5.41, 5.74) is 1.52. The monoisotopic (exact) mass is 437 g/mol. The Labute approximate surface area is 154 Å². The summed E-state index contributed by atoms with van der Waals surface area (Å²) in [6.45, 7) is 0. The molecular weight excluding hydrogens is 417 g/mol. The number of alkyl halides is 1. The normalized spacial score (nSPS) is 28.8. The lowest BCUT2D eigenvalue weighted by atomic mass is 9.60. The molecule has 0 saturated heterocycles. The molecule has 0 radical (unpaired) electrons. The Morgan fingerprint density at radius 2 is 1.92 bits per heavy atom. The molecule has 0 amide bonds. The zero-order valence-corrected chi connectivity index (χ0v) is 15.8. The van der Waals surface area contributed by atoms with Gasteiger partial charge < -0.3 is 4.74 Å². The minimum absolute atomic E-state index is 0.165. The van der Waals surface area contributed by atoms with Crippen LogP contribution < -0.4 is 0 Å². The highest BCUT2D eigenvalue weighted by Crippen LogP contribution is 2.56. The van der Waals surface area contributed by atoms with E-state index < -0.39 is 0 Å². The van der Waals surface area contributed by atoms with E-state index >= 15 is 0 Å². The molecule has 0 aliphatic heterocycles. The third-order valence-corrected chi connectivity index (χ3v) is 7.30. The molecule has 126 valence electrons. The van der Waals surface area contributed by atoms with Gasteiger partial charge in [0.15, 0.2) is 5.82 Å². The number of carbonyl (C=O) groups excluding carboxylic acids is 1. The highest BCUT2D eigenvalue weighted by molar-refractivity contribution is 14.1. The van der Waals surface area contributed by atoms with Crippen molar-refractivity contribution in [1.82, 2.24) is 15.2 Å². The molecule has 3 fully saturated rings. The minimum atomic E-state index is -0.343. The first-order valence-electron chi connectivity index (χ1n) is 8.34. The van der Waals surface area contributed by atoms with Crippen molar-refractivity contribution in [2.75, 3.05) is 7.11 Å². The lowest BCUT2D eigenvalue weighted by molar-refractivity contribution is 0.0601. The zero-order chi connectivity index (χ0) is 16.8. The van der Waals surface area contributed by atoms with Gasteiger partial charge in [0.05, 0.1) is 12.7 Å². The van der Waals surface area contributed by atoms with Gasteiger partial charge in [-0.1, -0.05) is 34.7 Å². The van der Waals surface area contributed by atoms with E-state index in [0.717, 1.165) is 11.4 Å². The smallest absolute Gasteiger partial charge is 0.337 e. The fourth-order valence-electron chi connectivity index (χ4n) is 4.03. The number of hydrogen-bond acceptors (Lipinski definition) is 4. The van der Waals surface area contributed by atoms with Crippen LogP contribution >= 0.6 is 22.6 Å². The summed E-state index contributed by atoms with van der Waals surface area (Å²) in [6, 6.07) is 7.29. The number of H-pyrrole nitrogens is 1. The summed E-state index contributed by atoms with van der Waals surface area (Å²) in [7, 11) is 1.39. The quantitative estimate of drug-likeness (QED) is 0.447. The van der Waals surface area contributed by atoms with Crippen LogP contribution in [0.15, 0.2) is 24.3 Å². The molecule has 1 aromatic heterocycles. The average molecular weight is 437 g/mol. The van der Waals surface area contributed by atoms with Crippen LogP contribution in [0.4, 0.5) is 0 Å². The van der Waals surface area contributed by atoms with Crippen LogP contribution in [0.25, 0.3) is 11.4 Å². The van der Waals surface area contributed by atoms with E-state index in [4.69, 9.17) is 9.72 Å². The van der Waals surface area contributed by atoms with E-state index in [1.54, 1.807) is 12.1 Å². The molecule has 1 N–H and O–H groups in total. The second-order valence-corrected chi connectivity index (χ2v) is 9.30. The third-order valence-electron chi connectivity index (χ3n) is 5.68. The topological polar surface area (TPSA) is 67.9 Å². The highest BCUT2D eigenvalue weighted by Gasteiger charge is 2.49. The molecule has 0 unspecified atom stereocenters. The number of hydrogen-bond donors (Lipinski definition) is 1. The number of methoxy groups -OCH3 is 1. The molecule has 0 spiro atoms. The van der Waals surface area contributed by atoms with Gasteiger partial charge in [-0.05, 0) is 50.7 Å². The molecule has 1 aromatic carbocycles. The molecule has 0 atom stereocenters. The van der Waals surface area contributed by atoms with Crippen LogP contribution in [0.2, 0.25) is 0 Å². The molecule has 3 saturated carbocycles. The molecule has 6 heteroatoms. The summed E-state index contributed by atoms with van der Waals surface area (Å²) >= 11 is 2.66. The van der Waals surface area contributed by atoms with E-state index in [9.17, 15) is 4.79 Å². The number of carbonyl (C=O) groups is 1. The van der Waals surface area contributed by atoms with Gasteiger partial charge in [0.1, 0.15) is 5.82 Å². The Kier molecular flexibility index (Phi) is 3.89. The Balaban J connectivity index is 1.63. The third kappa shape index (κ3) is 2.64. The van der Waals surface area contributed by atoms with E-state index in [-0.39, 0.29) is 11.4 Å². The number of nitrogens with zero attached hydrogens (tertiary/aromatic N) is 2. The van der Waals surface area contributed by atoms with Crippen LogP contribution in [0.1, 0.15) is 54.7 Å².